The number of hydrogen-bond donors (Lipinski definition) is 1. The van der Waals surface area contributed by atoms with Crippen molar-refractivity contribution in [1.29, 1.82) is 0 Å². The second kappa shape index (κ2) is 5.96. The van der Waals surface area contributed by atoms with Crippen LogP contribution in [0.4, 0.5) is 0 Å². The van der Waals surface area contributed by atoms with E-state index in [1.54, 1.807) is 6.20 Å². The first-order chi connectivity index (χ1) is 8.72. The summed E-state index contributed by atoms with van der Waals surface area (Å²) in [4.78, 5) is 18.2. The number of aryl methyl sites for hydroxylation is 1. The van der Waals surface area contributed by atoms with E-state index in [9.17, 15) is 4.79 Å². The van der Waals surface area contributed by atoms with Crippen LogP contribution >= 0.6 is 0 Å². The predicted octanol–water partition coefficient (Wildman–Crippen LogP) is 1.21. The molecule has 18 heavy (non-hydrogen) atoms. The van der Waals surface area contributed by atoms with Gasteiger partial charge in [-0.25, -0.2) is 0 Å². The number of carbonyl (C=O) groups excluding carboxylic acids is 1. The van der Waals surface area contributed by atoms with E-state index in [0.29, 0.717) is 25.3 Å². The molecular weight excluding hydrogens is 226 g/mol. The first-order valence-electron chi connectivity index (χ1n) is 6.58. The number of nitrogens with zero attached hydrogens (tertiary/aromatic N) is 2. The van der Waals surface area contributed by atoms with Gasteiger partial charge in [0.15, 0.2) is 0 Å². The third kappa shape index (κ3) is 3.29. The number of likely N-dealkylation sites (N-methyl/N-ethyl adjacent to an activating group) is 1. The number of rotatable bonds is 6. The van der Waals surface area contributed by atoms with Crippen LogP contribution in [0, 0.1) is 5.92 Å². The molecule has 1 amide bonds. The van der Waals surface area contributed by atoms with Gasteiger partial charge < -0.3 is 10.6 Å². The molecule has 4 nitrogen and oxygen atoms in total. The van der Waals surface area contributed by atoms with E-state index in [1.165, 1.54) is 12.8 Å². The van der Waals surface area contributed by atoms with E-state index >= 15 is 0 Å². The number of amides is 1. The van der Waals surface area contributed by atoms with E-state index in [2.05, 4.69) is 4.98 Å². The molecule has 1 saturated carbocycles. The molecule has 1 atom stereocenters. The molecule has 2 N–H and O–H groups in total. The molecule has 0 aliphatic heterocycles. The van der Waals surface area contributed by atoms with Crippen molar-refractivity contribution in [1.82, 2.24) is 9.88 Å². The van der Waals surface area contributed by atoms with Gasteiger partial charge >= 0.3 is 0 Å². The van der Waals surface area contributed by atoms with Gasteiger partial charge in [0.05, 0.1) is 0 Å². The van der Waals surface area contributed by atoms with Crippen molar-refractivity contribution in [3.05, 3.63) is 30.1 Å². The molecule has 0 bridgehead atoms. The Morgan fingerprint density at radius 3 is 2.89 bits per heavy atom. The molecule has 0 radical (unpaired) electrons. The van der Waals surface area contributed by atoms with Gasteiger partial charge in [0, 0.05) is 37.9 Å². The molecule has 1 aliphatic carbocycles. The monoisotopic (exact) mass is 247 g/mol. The molecule has 0 saturated heterocycles. The third-order valence-corrected chi connectivity index (χ3v) is 3.62. The topological polar surface area (TPSA) is 59.2 Å². The number of aromatic nitrogens is 1. The van der Waals surface area contributed by atoms with Crippen LogP contribution in [0.1, 0.15) is 25.0 Å². The number of pyridine rings is 1. The van der Waals surface area contributed by atoms with Crippen LogP contribution in [-0.4, -0.2) is 35.4 Å². The van der Waals surface area contributed by atoms with Crippen LogP contribution < -0.4 is 5.73 Å². The van der Waals surface area contributed by atoms with Crippen LogP contribution in [0.15, 0.2) is 24.4 Å². The van der Waals surface area contributed by atoms with Crippen LogP contribution in [0.3, 0.4) is 0 Å². The van der Waals surface area contributed by atoms with E-state index < -0.39 is 0 Å². The molecule has 1 fully saturated rings. The molecule has 1 unspecified atom stereocenters. The van der Waals surface area contributed by atoms with E-state index in [0.717, 1.165) is 5.69 Å². The smallest absolute Gasteiger partial charge is 0.223 e. The van der Waals surface area contributed by atoms with Crippen LogP contribution in [-0.2, 0) is 11.2 Å². The van der Waals surface area contributed by atoms with Gasteiger partial charge in [0.1, 0.15) is 0 Å². The fourth-order valence-corrected chi connectivity index (χ4v) is 2.29. The van der Waals surface area contributed by atoms with Crippen LogP contribution in [0.2, 0.25) is 0 Å². The van der Waals surface area contributed by atoms with Crippen molar-refractivity contribution in [2.75, 3.05) is 13.6 Å². The lowest BCUT2D eigenvalue weighted by Crippen LogP contribution is -2.43. The summed E-state index contributed by atoms with van der Waals surface area (Å²) in [6.07, 6.45) is 5.39. The fourth-order valence-electron chi connectivity index (χ4n) is 2.29. The molecule has 4 heteroatoms. The quantitative estimate of drug-likeness (QED) is 0.822. The van der Waals surface area contributed by atoms with Crippen molar-refractivity contribution in [3.8, 4) is 0 Å². The van der Waals surface area contributed by atoms with Gasteiger partial charge in [-0.1, -0.05) is 6.07 Å². The minimum atomic E-state index is 0.169. The standard InChI is InChI=1S/C14H21N3O/c1-17(13(10-15)11-5-6-11)14(18)8-7-12-4-2-3-9-16-12/h2-4,9,11,13H,5-8,10,15H2,1H3. The maximum atomic E-state index is 12.1. The highest BCUT2D eigenvalue weighted by molar-refractivity contribution is 5.76. The van der Waals surface area contributed by atoms with Crippen molar-refractivity contribution in [2.24, 2.45) is 11.7 Å². The van der Waals surface area contributed by atoms with Gasteiger partial charge in [0.25, 0.3) is 0 Å². The average molecular weight is 247 g/mol. The Morgan fingerprint density at radius 1 is 1.56 bits per heavy atom. The molecule has 1 aliphatic rings. The summed E-state index contributed by atoms with van der Waals surface area (Å²) in [6, 6.07) is 6.01. The second-order valence-electron chi connectivity index (χ2n) is 4.97. The first-order valence-corrected chi connectivity index (χ1v) is 6.58. The molecule has 2 rings (SSSR count). The number of nitrogens with two attached hydrogens (primary N) is 1. The molecule has 1 aromatic heterocycles. The SMILES string of the molecule is CN(C(=O)CCc1ccccn1)C(CN)C1CC1. The van der Waals surface area contributed by atoms with Crippen molar-refractivity contribution >= 4 is 5.91 Å². The zero-order valence-electron chi connectivity index (χ0n) is 10.9. The first kappa shape index (κ1) is 13.0. The zero-order valence-corrected chi connectivity index (χ0v) is 10.9. The Labute approximate surface area is 108 Å². The maximum Gasteiger partial charge on any atom is 0.223 e. The lowest BCUT2D eigenvalue weighted by Gasteiger charge is -2.27. The lowest BCUT2D eigenvalue weighted by molar-refractivity contribution is -0.132. The van der Waals surface area contributed by atoms with Gasteiger partial charge in [-0.05, 0) is 37.3 Å². The second-order valence-corrected chi connectivity index (χ2v) is 4.97. The summed E-state index contributed by atoms with van der Waals surface area (Å²) in [6.45, 7) is 0.566. The highest BCUT2D eigenvalue weighted by atomic mass is 16.2. The van der Waals surface area contributed by atoms with Crippen molar-refractivity contribution in [3.63, 3.8) is 0 Å². The average Bonchev–Trinajstić information content (AvgIpc) is 3.22. The van der Waals surface area contributed by atoms with Gasteiger partial charge in [-0.2, -0.15) is 0 Å². The predicted molar refractivity (Wildman–Crippen MR) is 70.9 cm³/mol. The highest BCUT2D eigenvalue weighted by Gasteiger charge is 2.34. The molecule has 98 valence electrons. The summed E-state index contributed by atoms with van der Waals surface area (Å²) in [5, 5.41) is 0. The summed E-state index contributed by atoms with van der Waals surface area (Å²) in [5.41, 5.74) is 6.72. The maximum absolute atomic E-state index is 12.1. The summed E-state index contributed by atoms with van der Waals surface area (Å²) in [5.74, 6) is 0.793. The number of carbonyl (C=O) groups is 1. The Kier molecular flexibility index (Phi) is 4.31. The highest BCUT2D eigenvalue weighted by Crippen LogP contribution is 2.34. The Hall–Kier alpha value is -1.42. The minimum Gasteiger partial charge on any atom is -0.341 e. The Bertz CT molecular complexity index is 389. The zero-order chi connectivity index (χ0) is 13.0. The van der Waals surface area contributed by atoms with Crippen LogP contribution in [0.25, 0.3) is 0 Å². The molecular formula is C14H21N3O. The largest absolute Gasteiger partial charge is 0.341 e. The Morgan fingerprint density at radius 2 is 2.33 bits per heavy atom. The Balaban J connectivity index is 1.83. The van der Waals surface area contributed by atoms with Crippen LogP contribution in [0.5, 0.6) is 0 Å². The molecule has 0 aromatic carbocycles. The van der Waals surface area contributed by atoms with E-state index in [4.69, 9.17) is 5.73 Å². The van der Waals surface area contributed by atoms with Gasteiger partial charge in [-0.3, -0.25) is 9.78 Å². The lowest BCUT2D eigenvalue weighted by atomic mass is 10.1. The van der Waals surface area contributed by atoms with Gasteiger partial charge in [-0.15, -0.1) is 0 Å². The van der Waals surface area contributed by atoms with Crippen molar-refractivity contribution < 1.29 is 4.79 Å². The fraction of sp³-hybridized carbons (Fsp3) is 0.571. The molecule has 1 heterocycles. The normalized spacial score (nSPS) is 16.3. The summed E-state index contributed by atoms with van der Waals surface area (Å²) >= 11 is 0. The van der Waals surface area contributed by atoms with E-state index in [-0.39, 0.29) is 11.9 Å². The van der Waals surface area contributed by atoms with E-state index in [1.807, 2.05) is 30.1 Å². The minimum absolute atomic E-state index is 0.169. The number of hydrogen-bond acceptors (Lipinski definition) is 3. The van der Waals surface area contributed by atoms with Gasteiger partial charge in [0.2, 0.25) is 5.91 Å². The summed E-state index contributed by atoms with van der Waals surface area (Å²) < 4.78 is 0. The molecule has 1 aromatic rings. The summed E-state index contributed by atoms with van der Waals surface area (Å²) in [7, 11) is 1.87. The third-order valence-electron chi connectivity index (χ3n) is 3.62. The molecule has 0 spiro atoms. The van der Waals surface area contributed by atoms with Crippen molar-refractivity contribution in [2.45, 2.75) is 31.7 Å².